The molecule has 0 radical (unpaired) electrons. The van der Waals surface area contributed by atoms with Gasteiger partial charge in [-0.3, -0.25) is 4.68 Å². The monoisotopic (exact) mass is 329 g/mol. The average Bonchev–Trinajstić information content (AvgIpc) is 3.18. The molecule has 2 rings (SSSR count). The van der Waals surface area contributed by atoms with E-state index in [1.165, 1.54) is 18.5 Å². The highest BCUT2D eigenvalue weighted by Gasteiger charge is 2.36. The predicted octanol–water partition coefficient (Wildman–Crippen LogP) is 2.52. The standard InChI is InChI=1S/C14H24BrN3O/c1-4-11-13(15)12(18(5-2)17-11)8-10(16)14(19-3)9-6-7-9/h9-10,14H,4-8,16H2,1-3H3. The molecule has 2 atom stereocenters. The summed E-state index contributed by atoms with van der Waals surface area (Å²) in [7, 11) is 1.77. The van der Waals surface area contributed by atoms with E-state index in [2.05, 4.69) is 39.6 Å². The molecule has 0 aromatic carbocycles. The number of hydrogen-bond acceptors (Lipinski definition) is 3. The molecule has 0 bridgehead atoms. The van der Waals surface area contributed by atoms with Crippen LogP contribution in [0.5, 0.6) is 0 Å². The molecule has 108 valence electrons. The lowest BCUT2D eigenvalue weighted by atomic mass is 10.0. The van der Waals surface area contributed by atoms with Gasteiger partial charge in [-0.15, -0.1) is 0 Å². The summed E-state index contributed by atoms with van der Waals surface area (Å²) in [6, 6.07) is 0.0421. The second-order valence-electron chi connectivity index (χ2n) is 5.28. The number of nitrogens with zero attached hydrogens (tertiary/aromatic N) is 2. The van der Waals surface area contributed by atoms with Gasteiger partial charge in [0.15, 0.2) is 0 Å². The molecule has 1 heterocycles. The van der Waals surface area contributed by atoms with Crippen molar-refractivity contribution in [2.24, 2.45) is 11.7 Å². The van der Waals surface area contributed by atoms with Gasteiger partial charge in [0, 0.05) is 26.1 Å². The van der Waals surface area contributed by atoms with Crippen molar-refractivity contribution in [1.29, 1.82) is 0 Å². The SMILES string of the molecule is CCc1nn(CC)c(CC(N)C(OC)C2CC2)c1Br. The second kappa shape index (κ2) is 6.37. The van der Waals surface area contributed by atoms with Crippen LogP contribution in [-0.2, 0) is 24.1 Å². The van der Waals surface area contributed by atoms with Gasteiger partial charge in [-0.2, -0.15) is 5.10 Å². The molecule has 1 saturated carbocycles. The van der Waals surface area contributed by atoms with E-state index in [-0.39, 0.29) is 12.1 Å². The Kier molecular flexibility index (Phi) is 5.03. The maximum Gasteiger partial charge on any atom is 0.0766 e. The van der Waals surface area contributed by atoms with Crippen LogP contribution in [0.25, 0.3) is 0 Å². The van der Waals surface area contributed by atoms with Crippen LogP contribution in [0.3, 0.4) is 0 Å². The van der Waals surface area contributed by atoms with Gasteiger partial charge < -0.3 is 10.5 Å². The Labute approximate surface area is 123 Å². The van der Waals surface area contributed by atoms with Crippen molar-refractivity contribution in [3.05, 3.63) is 15.9 Å². The number of halogens is 1. The lowest BCUT2D eigenvalue weighted by molar-refractivity contribution is 0.0621. The number of aromatic nitrogens is 2. The van der Waals surface area contributed by atoms with Crippen molar-refractivity contribution in [2.75, 3.05) is 7.11 Å². The summed E-state index contributed by atoms with van der Waals surface area (Å²) in [6.07, 6.45) is 4.43. The maximum atomic E-state index is 6.36. The Balaban J connectivity index is 2.14. The minimum Gasteiger partial charge on any atom is -0.380 e. The van der Waals surface area contributed by atoms with E-state index in [1.807, 2.05) is 0 Å². The van der Waals surface area contributed by atoms with Crippen LogP contribution in [0.1, 0.15) is 38.1 Å². The first-order chi connectivity index (χ1) is 9.12. The summed E-state index contributed by atoms with van der Waals surface area (Å²) in [5.74, 6) is 0.655. The molecule has 5 heteroatoms. The number of ether oxygens (including phenoxy) is 1. The molecule has 4 nitrogen and oxygen atoms in total. The first-order valence-electron chi connectivity index (χ1n) is 7.14. The van der Waals surface area contributed by atoms with Crippen molar-refractivity contribution in [2.45, 2.75) is 58.2 Å². The summed E-state index contributed by atoms with van der Waals surface area (Å²) < 4.78 is 8.77. The van der Waals surface area contributed by atoms with Crippen LogP contribution in [0.4, 0.5) is 0 Å². The fourth-order valence-corrected chi connectivity index (χ4v) is 3.42. The molecule has 0 spiro atoms. The predicted molar refractivity (Wildman–Crippen MR) is 80.2 cm³/mol. The molecular formula is C14H24BrN3O. The minimum atomic E-state index is 0.0421. The third-order valence-corrected chi connectivity index (χ3v) is 4.82. The van der Waals surface area contributed by atoms with Crippen LogP contribution in [-0.4, -0.2) is 29.0 Å². The Morgan fingerprint density at radius 2 is 2.16 bits per heavy atom. The van der Waals surface area contributed by atoms with E-state index in [0.29, 0.717) is 5.92 Å². The number of hydrogen-bond donors (Lipinski definition) is 1. The zero-order valence-corrected chi connectivity index (χ0v) is 13.6. The van der Waals surface area contributed by atoms with Gasteiger partial charge in [0.2, 0.25) is 0 Å². The summed E-state index contributed by atoms with van der Waals surface area (Å²) in [6.45, 7) is 5.11. The average molecular weight is 330 g/mol. The van der Waals surface area contributed by atoms with Crippen molar-refractivity contribution in [3.63, 3.8) is 0 Å². The molecular weight excluding hydrogens is 306 g/mol. The van der Waals surface area contributed by atoms with Gasteiger partial charge in [0.05, 0.1) is 22.0 Å². The first kappa shape index (κ1) is 15.0. The lowest BCUT2D eigenvalue weighted by Crippen LogP contribution is -2.40. The molecule has 1 aliphatic rings. The van der Waals surface area contributed by atoms with Crippen LogP contribution < -0.4 is 5.73 Å². The molecule has 0 aliphatic heterocycles. The summed E-state index contributed by atoms with van der Waals surface area (Å²) >= 11 is 3.68. The number of aryl methyl sites for hydroxylation is 2. The van der Waals surface area contributed by atoms with Crippen LogP contribution in [0.15, 0.2) is 4.47 Å². The van der Waals surface area contributed by atoms with Crippen molar-refractivity contribution < 1.29 is 4.74 Å². The van der Waals surface area contributed by atoms with Gasteiger partial charge in [-0.25, -0.2) is 0 Å². The van der Waals surface area contributed by atoms with E-state index < -0.39 is 0 Å². The Morgan fingerprint density at radius 3 is 2.63 bits per heavy atom. The van der Waals surface area contributed by atoms with E-state index in [9.17, 15) is 0 Å². The highest BCUT2D eigenvalue weighted by atomic mass is 79.9. The van der Waals surface area contributed by atoms with Gasteiger partial charge in [0.1, 0.15) is 0 Å². The zero-order valence-electron chi connectivity index (χ0n) is 12.0. The van der Waals surface area contributed by atoms with Crippen LogP contribution in [0.2, 0.25) is 0 Å². The molecule has 0 amide bonds. The molecule has 19 heavy (non-hydrogen) atoms. The molecule has 1 fully saturated rings. The quantitative estimate of drug-likeness (QED) is 0.836. The molecule has 2 unspecified atom stereocenters. The van der Waals surface area contributed by atoms with Crippen molar-refractivity contribution >= 4 is 15.9 Å². The fourth-order valence-electron chi connectivity index (χ4n) is 2.69. The molecule has 0 saturated heterocycles. The van der Waals surface area contributed by atoms with E-state index >= 15 is 0 Å². The third kappa shape index (κ3) is 3.20. The summed E-state index contributed by atoms with van der Waals surface area (Å²) in [5.41, 5.74) is 8.68. The van der Waals surface area contributed by atoms with E-state index in [1.54, 1.807) is 7.11 Å². The summed E-state index contributed by atoms with van der Waals surface area (Å²) in [5, 5.41) is 4.62. The fraction of sp³-hybridized carbons (Fsp3) is 0.786. The number of rotatable bonds is 7. The normalized spacial score (nSPS) is 18.6. The highest BCUT2D eigenvalue weighted by molar-refractivity contribution is 9.10. The summed E-state index contributed by atoms with van der Waals surface area (Å²) in [4.78, 5) is 0. The highest BCUT2D eigenvalue weighted by Crippen LogP contribution is 2.36. The van der Waals surface area contributed by atoms with Gasteiger partial charge in [0.25, 0.3) is 0 Å². The first-order valence-corrected chi connectivity index (χ1v) is 7.94. The smallest absolute Gasteiger partial charge is 0.0766 e. The Bertz CT molecular complexity index is 429. The third-order valence-electron chi connectivity index (χ3n) is 3.90. The Hall–Kier alpha value is -0.390. The number of methoxy groups -OCH3 is 1. The molecule has 1 aromatic rings. The Morgan fingerprint density at radius 1 is 1.47 bits per heavy atom. The zero-order chi connectivity index (χ0) is 14.0. The maximum absolute atomic E-state index is 6.36. The van der Waals surface area contributed by atoms with Crippen LogP contribution >= 0.6 is 15.9 Å². The number of nitrogens with two attached hydrogens (primary N) is 1. The van der Waals surface area contributed by atoms with Gasteiger partial charge in [-0.05, 0) is 48.0 Å². The molecule has 1 aliphatic carbocycles. The van der Waals surface area contributed by atoms with Crippen molar-refractivity contribution in [1.82, 2.24) is 9.78 Å². The molecule has 2 N–H and O–H groups in total. The van der Waals surface area contributed by atoms with Gasteiger partial charge >= 0.3 is 0 Å². The molecule has 1 aromatic heterocycles. The topological polar surface area (TPSA) is 53.1 Å². The van der Waals surface area contributed by atoms with Crippen molar-refractivity contribution in [3.8, 4) is 0 Å². The van der Waals surface area contributed by atoms with E-state index in [4.69, 9.17) is 10.5 Å². The van der Waals surface area contributed by atoms with Crippen LogP contribution in [0, 0.1) is 5.92 Å². The minimum absolute atomic E-state index is 0.0421. The van der Waals surface area contributed by atoms with Gasteiger partial charge in [-0.1, -0.05) is 6.92 Å². The second-order valence-corrected chi connectivity index (χ2v) is 6.08. The lowest BCUT2D eigenvalue weighted by Gasteiger charge is -2.22. The van der Waals surface area contributed by atoms with E-state index in [0.717, 1.165) is 29.6 Å². The largest absolute Gasteiger partial charge is 0.380 e.